The SMILES string of the molecule is CCOc1ccc(NC(=O)NC(=O)CN2CCN(C(C)=O)CC2)cc1OCC. The standard InChI is InChI=1S/C19H28N4O5/c1-4-27-16-7-6-15(12-17(16)28-5-2)20-19(26)21-18(25)13-22-8-10-23(11-9-22)14(3)24/h6-7,12H,4-5,8-11,13H2,1-3H3,(H2,20,21,25,26). The summed E-state index contributed by atoms with van der Waals surface area (Å²) in [6.07, 6.45) is 0. The zero-order chi connectivity index (χ0) is 20.5. The third-order valence-corrected chi connectivity index (χ3v) is 4.24. The molecule has 1 heterocycles. The zero-order valence-corrected chi connectivity index (χ0v) is 16.6. The van der Waals surface area contributed by atoms with Crippen LogP contribution in [-0.4, -0.2) is 73.6 Å². The van der Waals surface area contributed by atoms with E-state index in [4.69, 9.17) is 9.47 Å². The van der Waals surface area contributed by atoms with Crippen LogP contribution in [0.2, 0.25) is 0 Å². The van der Waals surface area contributed by atoms with Gasteiger partial charge in [0.05, 0.1) is 19.8 Å². The fraction of sp³-hybridized carbons (Fsp3) is 0.526. The summed E-state index contributed by atoms with van der Waals surface area (Å²) in [4.78, 5) is 39.2. The Bertz CT molecular complexity index is 702. The maximum absolute atomic E-state index is 12.1. The van der Waals surface area contributed by atoms with Gasteiger partial charge in [-0.25, -0.2) is 4.79 Å². The number of anilines is 1. The van der Waals surface area contributed by atoms with Crippen molar-refractivity contribution in [2.75, 3.05) is 51.3 Å². The number of carbonyl (C=O) groups excluding carboxylic acids is 3. The van der Waals surface area contributed by atoms with Gasteiger partial charge in [-0.1, -0.05) is 0 Å². The van der Waals surface area contributed by atoms with Crippen LogP contribution in [0.4, 0.5) is 10.5 Å². The largest absolute Gasteiger partial charge is 0.490 e. The molecule has 154 valence electrons. The van der Waals surface area contributed by atoms with Crippen molar-refractivity contribution in [3.8, 4) is 11.5 Å². The lowest BCUT2D eigenvalue weighted by Crippen LogP contribution is -2.51. The number of nitrogens with one attached hydrogen (secondary N) is 2. The molecular formula is C19H28N4O5. The van der Waals surface area contributed by atoms with E-state index >= 15 is 0 Å². The normalized spacial score (nSPS) is 14.3. The molecule has 9 nitrogen and oxygen atoms in total. The minimum Gasteiger partial charge on any atom is -0.490 e. The summed E-state index contributed by atoms with van der Waals surface area (Å²) in [5, 5.41) is 4.94. The van der Waals surface area contributed by atoms with E-state index in [0.717, 1.165) is 0 Å². The van der Waals surface area contributed by atoms with E-state index in [1.807, 2.05) is 18.7 Å². The number of nitrogens with zero attached hydrogens (tertiary/aromatic N) is 2. The maximum atomic E-state index is 12.1. The molecule has 0 spiro atoms. The molecule has 1 aromatic carbocycles. The fourth-order valence-corrected chi connectivity index (χ4v) is 2.88. The van der Waals surface area contributed by atoms with Crippen molar-refractivity contribution >= 4 is 23.5 Å². The second-order valence-corrected chi connectivity index (χ2v) is 6.31. The summed E-state index contributed by atoms with van der Waals surface area (Å²) in [6, 6.07) is 4.43. The molecule has 9 heteroatoms. The molecule has 1 fully saturated rings. The Morgan fingerprint density at radius 3 is 2.25 bits per heavy atom. The first kappa shape index (κ1) is 21.5. The second kappa shape index (κ2) is 10.5. The molecule has 4 amide bonds. The number of carbonyl (C=O) groups is 3. The van der Waals surface area contributed by atoms with Gasteiger partial charge in [-0.05, 0) is 26.0 Å². The molecule has 1 aliphatic rings. The molecule has 1 aromatic rings. The van der Waals surface area contributed by atoms with E-state index < -0.39 is 11.9 Å². The average Bonchev–Trinajstić information content (AvgIpc) is 2.64. The number of hydrogen-bond donors (Lipinski definition) is 2. The lowest BCUT2D eigenvalue weighted by Gasteiger charge is -2.33. The predicted molar refractivity (Wildman–Crippen MR) is 105 cm³/mol. The first-order chi connectivity index (χ1) is 13.4. The number of ether oxygens (including phenoxy) is 2. The van der Waals surface area contributed by atoms with Crippen LogP contribution in [-0.2, 0) is 9.59 Å². The highest BCUT2D eigenvalue weighted by atomic mass is 16.5. The number of hydrogen-bond acceptors (Lipinski definition) is 6. The van der Waals surface area contributed by atoms with Crippen molar-refractivity contribution in [3.05, 3.63) is 18.2 Å². The molecule has 0 aliphatic carbocycles. The molecule has 0 saturated carbocycles. The number of rotatable bonds is 7. The van der Waals surface area contributed by atoms with Gasteiger partial charge in [0.2, 0.25) is 11.8 Å². The summed E-state index contributed by atoms with van der Waals surface area (Å²) in [5.74, 6) is 0.753. The van der Waals surface area contributed by atoms with Gasteiger partial charge in [-0.2, -0.15) is 0 Å². The minimum atomic E-state index is -0.612. The Labute approximate surface area is 165 Å². The quantitative estimate of drug-likeness (QED) is 0.725. The molecule has 1 aliphatic heterocycles. The van der Waals surface area contributed by atoms with Crippen molar-refractivity contribution in [3.63, 3.8) is 0 Å². The fourth-order valence-electron chi connectivity index (χ4n) is 2.88. The number of benzene rings is 1. The predicted octanol–water partition coefficient (Wildman–Crippen LogP) is 1.30. The van der Waals surface area contributed by atoms with Gasteiger partial charge >= 0.3 is 6.03 Å². The average molecular weight is 392 g/mol. The molecule has 28 heavy (non-hydrogen) atoms. The van der Waals surface area contributed by atoms with E-state index in [1.54, 1.807) is 23.1 Å². The molecule has 2 rings (SSSR count). The van der Waals surface area contributed by atoms with Gasteiger partial charge in [0, 0.05) is 44.9 Å². The van der Waals surface area contributed by atoms with E-state index in [0.29, 0.717) is 56.6 Å². The van der Waals surface area contributed by atoms with Crippen LogP contribution in [0.1, 0.15) is 20.8 Å². The van der Waals surface area contributed by atoms with Crippen LogP contribution >= 0.6 is 0 Å². The van der Waals surface area contributed by atoms with Gasteiger partial charge in [0.15, 0.2) is 11.5 Å². The third kappa shape index (κ3) is 6.41. The Balaban J connectivity index is 1.83. The molecule has 0 aromatic heterocycles. The van der Waals surface area contributed by atoms with Crippen LogP contribution in [0.25, 0.3) is 0 Å². The van der Waals surface area contributed by atoms with E-state index in [9.17, 15) is 14.4 Å². The lowest BCUT2D eigenvalue weighted by atomic mass is 10.2. The molecule has 2 N–H and O–H groups in total. The highest BCUT2D eigenvalue weighted by molar-refractivity contribution is 6.01. The Morgan fingerprint density at radius 2 is 1.64 bits per heavy atom. The number of imide groups is 1. The monoisotopic (exact) mass is 392 g/mol. The zero-order valence-electron chi connectivity index (χ0n) is 16.6. The first-order valence-corrected chi connectivity index (χ1v) is 9.41. The molecule has 0 bridgehead atoms. The lowest BCUT2D eigenvalue weighted by molar-refractivity contribution is -0.130. The molecule has 0 unspecified atom stereocenters. The minimum absolute atomic E-state index is 0.0326. The number of amides is 4. The maximum Gasteiger partial charge on any atom is 0.325 e. The Kier molecular flexibility index (Phi) is 8.06. The van der Waals surface area contributed by atoms with E-state index in [-0.39, 0.29) is 12.5 Å². The number of urea groups is 1. The van der Waals surface area contributed by atoms with Crippen LogP contribution in [0.5, 0.6) is 11.5 Å². The summed E-state index contributed by atoms with van der Waals surface area (Å²) in [6.45, 7) is 8.71. The molecule has 0 radical (unpaired) electrons. The summed E-state index contributed by atoms with van der Waals surface area (Å²) < 4.78 is 11.0. The van der Waals surface area contributed by atoms with E-state index in [1.165, 1.54) is 6.92 Å². The van der Waals surface area contributed by atoms with Crippen molar-refractivity contribution in [1.82, 2.24) is 15.1 Å². The van der Waals surface area contributed by atoms with Crippen molar-refractivity contribution in [2.45, 2.75) is 20.8 Å². The van der Waals surface area contributed by atoms with Gasteiger partial charge in [-0.3, -0.25) is 19.8 Å². The van der Waals surface area contributed by atoms with Gasteiger partial charge in [-0.15, -0.1) is 0 Å². The van der Waals surface area contributed by atoms with Crippen molar-refractivity contribution in [2.24, 2.45) is 0 Å². The van der Waals surface area contributed by atoms with E-state index in [2.05, 4.69) is 10.6 Å². The summed E-state index contributed by atoms with van der Waals surface area (Å²) in [7, 11) is 0. The van der Waals surface area contributed by atoms with Gasteiger partial charge in [0.25, 0.3) is 0 Å². The van der Waals surface area contributed by atoms with Crippen molar-refractivity contribution in [1.29, 1.82) is 0 Å². The van der Waals surface area contributed by atoms with Crippen LogP contribution in [0.3, 0.4) is 0 Å². The van der Waals surface area contributed by atoms with Crippen LogP contribution in [0, 0.1) is 0 Å². The first-order valence-electron chi connectivity index (χ1n) is 9.41. The van der Waals surface area contributed by atoms with Gasteiger partial charge < -0.3 is 19.7 Å². The highest BCUT2D eigenvalue weighted by Crippen LogP contribution is 2.30. The van der Waals surface area contributed by atoms with Crippen LogP contribution < -0.4 is 20.1 Å². The smallest absolute Gasteiger partial charge is 0.325 e. The summed E-state index contributed by atoms with van der Waals surface area (Å²) in [5.41, 5.74) is 0.493. The van der Waals surface area contributed by atoms with Crippen LogP contribution in [0.15, 0.2) is 18.2 Å². The molecule has 1 saturated heterocycles. The summed E-state index contributed by atoms with van der Waals surface area (Å²) >= 11 is 0. The van der Waals surface area contributed by atoms with Crippen molar-refractivity contribution < 1.29 is 23.9 Å². The van der Waals surface area contributed by atoms with Gasteiger partial charge in [0.1, 0.15) is 0 Å². The third-order valence-electron chi connectivity index (χ3n) is 4.24. The Hall–Kier alpha value is -2.81. The number of piperazine rings is 1. The molecule has 0 atom stereocenters. The molecular weight excluding hydrogens is 364 g/mol. The highest BCUT2D eigenvalue weighted by Gasteiger charge is 2.21. The Morgan fingerprint density at radius 1 is 1.00 bits per heavy atom. The topological polar surface area (TPSA) is 100 Å². The second-order valence-electron chi connectivity index (χ2n) is 6.31.